The van der Waals surface area contributed by atoms with Gasteiger partial charge in [-0.3, -0.25) is 9.59 Å². The van der Waals surface area contributed by atoms with E-state index < -0.39 is 0 Å². The van der Waals surface area contributed by atoms with Gasteiger partial charge >= 0.3 is 0 Å². The van der Waals surface area contributed by atoms with Crippen molar-refractivity contribution in [1.82, 2.24) is 4.90 Å². The van der Waals surface area contributed by atoms with E-state index in [0.29, 0.717) is 31.0 Å². The molecule has 1 N–H and O–H groups in total. The summed E-state index contributed by atoms with van der Waals surface area (Å²) in [7, 11) is 0. The molecule has 2 aromatic rings. The van der Waals surface area contributed by atoms with Crippen LogP contribution in [0.15, 0.2) is 54.6 Å². The molecule has 0 spiro atoms. The maximum atomic E-state index is 13.0. The minimum Gasteiger partial charge on any atom is -0.370 e. The molecule has 0 unspecified atom stereocenters. The van der Waals surface area contributed by atoms with E-state index in [4.69, 9.17) is 11.6 Å². The van der Waals surface area contributed by atoms with E-state index in [2.05, 4.69) is 10.2 Å². The smallest absolute Gasteiger partial charge is 0.246 e. The van der Waals surface area contributed by atoms with Crippen molar-refractivity contribution in [3.8, 4) is 0 Å². The van der Waals surface area contributed by atoms with Gasteiger partial charge in [0.1, 0.15) is 0 Å². The number of halogens is 1. The van der Waals surface area contributed by atoms with Crippen molar-refractivity contribution < 1.29 is 9.59 Å². The van der Waals surface area contributed by atoms with Crippen molar-refractivity contribution in [2.45, 2.75) is 32.1 Å². The Hall–Kier alpha value is -2.79. The Kier molecular flexibility index (Phi) is 7.48. The number of likely N-dealkylation sites (tertiary alicyclic amines) is 1. The maximum Gasteiger partial charge on any atom is 0.246 e. The first-order valence-corrected chi connectivity index (χ1v) is 11.9. The fraction of sp³-hybridized carbons (Fsp3) is 0.385. The summed E-state index contributed by atoms with van der Waals surface area (Å²) in [4.78, 5) is 29.7. The third-order valence-corrected chi connectivity index (χ3v) is 6.54. The molecule has 0 aliphatic carbocycles. The van der Waals surface area contributed by atoms with Gasteiger partial charge in [0.05, 0.1) is 11.4 Å². The third-order valence-electron chi connectivity index (χ3n) is 6.31. The van der Waals surface area contributed by atoms with Crippen LogP contribution in [0.2, 0.25) is 5.02 Å². The number of amides is 2. The molecule has 2 heterocycles. The van der Waals surface area contributed by atoms with E-state index in [1.165, 1.54) is 19.3 Å². The Morgan fingerprint density at radius 3 is 2.38 bits per heavy atom. The third kappa shape index (κ3) is 5.71. The largest absolute Gasteiger partial charge is 0.370 e. The highest BCUT2D eigenvalue weighted by Gasteiger charge is 2.27. The van der Waals surface area contributed by atoms with E-state index in [-0.39, 0.29) is 17.7 Å². The summed E-state index contributed by atoms with van der Waals surface area (Å²) < 4.78 is 0. The van der Waals surface area contributed by atoms with E-state index in [0.717, 1.165) is 30.0 Å². The molecule has 0 atom stereocenters. The lowest BCUT2D eigenvalue weighted by atomic mass is 9.95. The molecule has 168 valence electrons. The number of piperidine rings is 2. The van der Waals surface area contributed by atoms with Gasteiger partial charge in [-0.15, -0.1) is 0 Å². The lowest BCUT2D eigenvalue weighted by molar-refractivity contribution is -0.130. The monoisotopic (exact) mass is 451 g/mol. The van der Waals surface area contributed by atoms with Crippen molar-refractivity contribution in [3.05, 3.63) is 65.2 Å². The number of hydrogen-bond donors (Lipinski definition) is 1. The van der Waals surface area contributed by atoms with Crippen LogP contribution in [0.4, 0.5) is 11.4 Å². The fourth-order valence-electron chi connectivity index (χ4n) is 4.45. The molecular weight excluding hydrogens is 422 g/mol. The van der Waals surface area contributed by atoms with Gasteiger partial charge < -0.3 is 15.1 Å². The molecule has 2 amide bonds. The van der Waals surface area contributed by atoms with Crippen molar-refractivity contribution in [2.75, 3.05) is 36.4 Å². The van der Waals surface area contributed by atoms with Gasteiger partial charge in [-0.05, 0) is 61.9 Å². The van der Waals surface area contributed by atoms with Gasteiger partial charge in [-0.25, -0.2) is 0 Å². The molecule has 4 rings (SSSR count). The number of anilines is 2. The van der Waals surface area contributed by atoms with E-state index in [1.54, 1.807) is 6.08 Å². The summed E-state index contributed by atoms with van der Waals surface area (Å²) in [6.07, 6.45) is 8.37. The van der Waals surface area contributed by atoms with Gasteiger partial charge in [0.15, 0.2) is 0 Å². The van der Waals surface area contributed by atoms with Gasteiger partial charge in [0.2, 0.25) is 11.8 Å². The first-order valence-electron chi connectivity index (χ1n) is 11.5. The molecule has 32 heavy (non-hydrogen) atoms. The van der Waals surface area contributed by atoms with Gasteiger partial charge in [0, 0.05) is 43.2 Å². The molecular formula is C26H30ClN3O2. The lowest BCUT2D eigenvalue weighted by Crippen LogP contribution is -2.41. The lowest BCUT2D eigenvalue weighted by Gasteiger charge is -2.32. The summed E-state index contributed by atoms with van der Waals surface area (Å²) in [6.45, 7) is 3.18. The molecule has 2 saturated heterocycles. The summed E-state index contributed by atoms with van der Waals surface area (Å²) in [5.74, 6) is -0.0993. The van der Waals surface area contributed by atoms with Crippen molar-refractivity contribution in [1.29, 1.82) is 0 Å². The second-order valence-electron chi connectivity index (χ2n) is 8.54. The zero-order valence-electron chi connectivity index (χ0n) is 18.3. The maximum absolute atomic E-state index is 13.0. The number of nitrogens with zero attached hydrogens (tertiary/aromatic N) is 2. The van der Waals surface area contributed by atoms with Crippen LogP contribution in [-0.4, -0.2) is 42.9 Å². The Morgan fingerprint density at radius 1 is 0.938 bits per heavy atom. The summed E-state index contributed by atoms with van der Waals surface area (Å²) in [5, 5.41) is 3.74. The molecule has 5 nitrogen and oxygen atoms in total. The Bertz CT molecular complexity index is 962. The first kappa shape index (κ1) is 22.4. The highest BCUT2D eigenvalue weighted by atomic mass is 35.5. The van der Waals surface area contributed by atoms with Crippen LogP contribution < -0.4 is 10.2 Å². The van der Waals surface area contributed by atoms with Gasteiger partial charge in [-0.2, -0.15) is 0 Å². The van der Waals surface area contributed by atoms with E-state index in [1.807, 2.05) is 59.5 Å². The number of carbonyl (C=O) groups is 2. The zero-order chi connectivity index (χ0) is 22.3. The van der Waals surface area contributed by atoms with Crippen LogP contribution >= 0.6 is 11.6 Å². The van der Waals surface area contributed by atoms with Crippen LogP contribution in [0, 0.1) is 5.92 Å². The van der Waals surface area contributed by atoms with Crippen LogP contribution in [0.5, 0.6) is 0 Å². The molecule has 2 aliphatic heterocycles. The minimum absolute atomic E-state index is 0.00469. The fourth-order valence-corrected chi connectivity index (χ4v) is 4.62. The zero-order valence-corrected chi connectivity index (χ0v) is 19.1. The highest BCUT2D eigenvalue weighted by Crippen LogP contribution is 2.32. The molecule has 2 aliphatic rings. The van der Waals surface area contributed by atoms with Crippen LogP contribution in [0.25, 0.3) is 6.08 Å². The Balaban J connectivity index is 1.33. The van der Waals surface area contributed by atoms with E-state index >= 15 is 0 Å². The standard InChI is InChI=1S/C26H30ClN3O2/c27-22-10-11-24(29-15-5-2-6-16-29)23(19-22)28-26(32)21-13-17-30(18-14-21)25(31)12-9-20-7-3-1-4-8-20/h1,3-4,7-12,19,21H,2,5-6,13-18H2,(H,28,32)/b12-9+. The van der Waals surface area contributed by atoms with Crippen molar-refractivity contribution in [3.63, 3.8) is 0 Å². The predicted octanol–water partition coefficient (Wildman–Crippen LogP) is 5.22. The minimum atomic E-state index is -0.106. The SMILES string of the molecule is O=C(Nc1cc(Cl)ccc1N1CCCCC1)C1CCN(C(=O)/C=C/c2ccccc2)CC1. The predicted molar refractivity (Wildman–Crippen MR) is 131 cm³/mol. The number of nitrogens with one attached hydrogen (secondary N) is 1. The average Bonchev–Trinajstić information content (AvgIpc) is 2.84. The quantitative estimate of drug-likeness (QED) is 0.634. The molecule has 0 bridgehead atoms. The number of benzene rings is 2. The van der Waals surface area contributed by atoms with Crippen LogP contribution in [-0.2, 0) is 9.59 Å². The average molecular weight is 452 g/mol. The topological polar surface area (TPSA) is 52.7 Å². The van der Waals surface area contributed by atoms with E-state index in [9.17, 15) is 9.59 Å². The van der Waals surface area contributed by atoms with Gasteiger partial charge in [-0.1, -0.05) is 41.9 Å². The molecule has 0 aromatic heterocycles. The number of hydrogen-bond acceptors (Lipinski definition) is 3. The molecule has 0 radical (unpaired) electrons. The molecule has 2 aromatic carbocycles. The van der Waals surface area contributed by atoms with Crippen molar-refractivity contribution in [2.24, 2.45) is 5.92 Å². The van der Waals surface area contributed by atoms with Crippen LogP contribution in [0.1, 0.15) is 37.7 Å². The summed E-state index contributed by atoms with van der Waals surface area (Å²) >= 11 is 6.23. The second-order valence-corrected chi connectivity index (χ2v) is 8.98. The summed E-state index contributed by atoms with van der Waals surface area (Å²) in [5.41, 5.74) is 2.83. The van der Waals surface area contributed by atoms with Gasteiger partial charge in [0.25, 0.3) is 0 Å². The second kappa shape index (κ2) is 10.7. The summed E-state index contributed by atoms with van der Waals surface area (Å²) in [6, 6.07) is 15.5. The van der Waals surface area contributed by atoms with Crippen molar-refractivity contribution >= 4 is 40.9 Å². The number of carbonyl (C=O) groups excluding carboxylic acids is 2. The van der Waals surface area contributed by atoms with Crippen LogP contribution in [0.3, 0.4) is 0 Å². The Morgan fingerprint density at radius 2 is 1.66 bits per heavy atom. The first-order chi connectivity index (χ1) is 15.6. The molecule has 6 heteroatoms. The normalized spacial score (nSPS) is 17.5. The molecule has 2 fully saturated rings. The highest BCUT2D eigenvalue weighted by molar-refractivity contribution is 6.31. The molecule has 0 saturated carbocycles. The Labute approximate surface area is 195 Å². The number of rotatable bonds is 5.